The number of aliphatic hydroxyl groups excluding tert-OH is 1. The largest absolute Gasteiger partial charge is 0.387 e. The molecule has 5 heteroatoms. The maximum atomic E-state index is 13.8. The molecule has 0 saturated carbocycles. The highest BCUT2D eigenvalue weighted by Crippen LogP contribution is 2.34. The Hall–Kier alpha value is -0.970. The minimum Gasteiger partial charge on any atom is -0.387 e. The summed E-state index contributed by atoms with van der Waals surface area (Å²) in [5.41, 5.74) is 1.33. The van der Waals surface area contributed by atoms with E-state index >= 15 is 0 Å². The zero-order chi connectivity index (χ0) is 13.4. The summed E-state index contributed by atoms with van der Waals surface area (Å²) in [5.74, 6) is -0.377. The van der Waals surface area contributed by atoms with Crippen LogP contribution >= 0.6 is 22.9 Å². The Balaban J connectivity index is 1.90. The van der Waals surface area contributed by atoms with Crippen LogP contribution in [0.15, 0.2) is 18.2 Å². The Kier molecular flexibility index (Phi) is 3.56. The molecule has 0 amide bonds. The highest BCUT2D eigenvalue weighted by Gasteiger charge is 2.23. The molecule has 1 heterocycles. The van der Waals surface area contributed by atoms with E-state index in [-0.39, 0.29) is 10.8 Å². The van der Waals surface area contributed by atoms with E-state index in [9.17, 15) is 9.50 Å². The molecule has 0 saturated heterocycles. The summed E-state index contributed by atoms with van der Waals surface area (Å²) in [5, 5.41) is 10.9. The third-order valence-electron chi connectivity index (χ3n) is 3.34. The van der Waals surface area contributed by atoms with Crippen molar-refractivity contribution >= 4 is 22.9 Å². The van der Waals surface area contributed by atoms with Crippen LogP contribution in [0.25, 0.3) is 0 Å². The summed E-state index contributed by atoms with van der Waals surface area (Å²) in [6.07, 6.45) is 2.68. The second-order valence-electron chi connectivity index (χ2n) is 4.71. The van der Waals surface area contributed by atoms with E-state index in [2.05, 4.69) is 4.98 Å². The maximum Gasteiger partial charge on any atom is 0.145 e. The van der Waals surface area contributed by atoms with Crippen LogP contribution in [-0.4, -0.2) is 10.1 Å². The summed E-state index contributed by atoms with van der Waals surface area (Å²) in [4.78, 5) is 5.59. The lowest BCUT2D eigenvalue weighted by atomic mass is 10.0. The average molecular weight is 298 g/mol. The normalized spacial score (nSPS) is 18.4. The third-order valence-corrected chi connectivity index (χ3v) is 4.76. The summed E-state index contributed by atoms with van der Waals surface area (Å²) in [7, 11) is 0. The van der Waals surface area contributed by atoms with Gasteiger partial charge < -0.3 is 5.11 Å². The molecule has 1 N–H and O–H groups in total. The smallest absolute Gasteiger partial charge is 0.145 e. The molecule has 0 spiro atoms. The van der Waals surface area contributed by atoms with E-state index in [1.807, 2.05) is 0 Å². The molecule has 1 atom stereocenters. The Morgan fingerprint density at radius 2 is 2.32 bits per heavy atom. The van der Waals surface area contributed by atoms with Gasteiger partial charge in [0.05, 0.1) is 21.8 Å². The fourth-order valence-corrected chi connectivity index (χ4v) is 3.75. The van der Waals surface area contributed by atoms with Crippen molar-refractivity contribution in [2.45, 2.75) is 31.8 Å². The molecular weight excluding hydrogens is 285 g/mol. The summed E-state index contributed by atoms with van der Waals surface area (Å²) < 4.78 is 13.8. The van der Waals surface area contributed by atoms with Crippen LogP contribution in [0, 0.1) is 5.82 Å². The quantitative estimate of drug-likeness (QED) is 0.912. The summed E-state index contributed by atoms with van der Waals surface area (Å²) in [6.45, 7) is 0. The number of nitrogens with zero attached hydrogens (tertiary/aromatic N) is 1. The van der Waals surface area contributed by atoms with Crippen molar-refractivity contribution in [3.63, 3.8) is 0 Å². The van der Waals surface area contributed by atoms with E-state index in [0.717, 1.165) is 34.8 Å². The molecule has 100 valence electrons. The lowest BCUT2D eigenvalue weighted by molar-refractivity contribution is 0.153. The maximum absolute atomic E-state index is 13.8. The van der Waals surface area contributed by atoms with Gasteiger partial charge in [0.2, 0.25) is 0 Å². The molecule has 1 aliphatic carbocycles. The molecule has 0 bridgehead atoms. The Morgan fingerprint density at radius 3 is 3.11 bits per heavy atom. The van der Waals surface area contributed by atoms with E-state index < -0.39 is 6.10 Å². The molecule has 0 aliphatic heterocycles. The number of halogens is 2. The van der Waals surface area contributed by atoms with E-state index in [4.69, 9.17) is 11.6 Å². The zero-order valence-electron chi connectivity index (χ0n) is 10.2. The predicted molar refractivity (Wildman–Crippen MR) is 74.2 cm³/mol. The molecule has 19 heavy (non-hydrogen) atoms. The fraction of sp³-hybridized carbons (Fsp3) is 0.357. The first-order valence-electron chi connectivity index (χ1n) is 6.24. The lowest BCUT2D eigenvalue weighted by Gasteiger charge is -2.14. The van der Waals surface area contributed by atoms with Crippen molar-refractivity contribution < 1.29 is 9.50 Å². The summed E-state index contributed by atoms with van der Waals surface area (Å²) in [6, 6.07) is 5.00. The average Bonchev–Trinajstić information content (AvgIpc) is 2.79. The van der Waals surface area contributed by atoms with E-state index in [1.54, 1.807) is 23.5 Å². The molecular formula is C14H13ClFNOS. The minimum atomic E-state index is -0.460. The molecule has 2 nitrogen and oxygen atoms in total. The van der Waals surface area contributed by atoms with Gasteiger partial charge in [0, 0.05) is 11.3 Å². The standard InChI is InChI=1S/C14H13ClFNOS/c15-9-4-1-3-8(13(9)16)7-12-17-14-10(18)5-2-6-11(14)19-12/h1,3-4,10,18H,2,5-7H2. The lowest BCUT2D eigenvalue weighted by Crippen LogP contribution is -2.07. The van der Waals surface area contributed by atoms with Crippen molar-refractivity contribution in [1.82, 2.24) is 4.98 Å². The third kappa shape index (κ3) is 2.53. The highest BCUT2D eigenvalue weighted by atomic mass is 35.5. The van der Waals surface area contributed by atoms with Crippen LogP contribution in [0.4, 0.5) is 4.39 Å². The molecule has 1 aliphatic rings. The van der Waals surface area contributed by atoms with Gasteiger partial charge in [-0.05, 0) is 30.9 Å². The van der Waals surface area contributed by atoms with Gasteiger partial charge in [-0.1, -0.05) is 23.7 Å². The number of benzene rings is 1. The fourth-order valence-electron chi connectivity index (χ4n) is 2.37. The molecule has 1 aromatic heterocycles. The molecule has 0 radical (unpaired) electrons. The van der Waals surface area contributed by atoms with Crippen molar-refractivity contribution in [2.75, 3.05) is 0 Å². The first-order chi connectivity index (χ1) is 9.15. The van der Waals surface area contributed by atoms with Gasteiger partial charge in [0.25, 0.3) is 0 Å². The molecule has 3 rings (SSSR count). The van der Waals surface area contributed by atoms with Gasteiger partial charge in [0.15, 0.2) is 0 Å². The van der Waals surface area contributed by atoms with Gasteiger partial charge >= 0.3 is 0 Å². The number of hydrogen-bond acceptors (Lipinski definition) is 3. The first-order valence-corrected chi connectivity index (χ1v) is 7.44. The monoisotopic (exact) mass is 297 g/mol. The number of thiazole rings is 1. The number of aliphatic hydroxyl groups is 1. The van der Waals surface area contributed by atoms with E-state index in [0.29, 0.717) is 12.0 Å². The number of aromatic nitrogens is 1. The van der Waals surface area contributed by atoms with Crippen LogP contribution in [0.1, 0.15) is 40.1 Å². The van der Waals surface area contributed by atoms with Crippen LogP contribution in [-0.2, 0) is 12.8 Å². The number of hydrogen-bond donors (Lipinski definition) is 1. The van der Waals surface area contributed by atoms with Crippen LogP contribution in [0.2, 0.25) is 5.02 Å². The topological polar surface area (TPSA) is 33.1 Å². The van der Waals surface area contributed by atoms with Gasteiger partial charge in [-0.25, -0.2) is 9.37 Å². The van der Waals surface area contributed by atoms with Crippen molar-refractivity contribution in [2.24, 2.45) is 0 Å². The van der Waals surface area contributed by atoms with Gasteiger partial charge in [-0.3, -0.25) is 0 Å². The predicted octanol–water partition coefficient (Wildman–Crippen LogP) is 3.90. The van der Waals surface area contributed by atoms with Gasteiger partial charge in [0.1, 0.15) is 5.82 Å². The van der Waals surface area contributed by atoms with Crippen molar-refractivity contribution in [3.05, 3.63) is 50.2 Å². The Labute approximate surface area is 119 Å². The number of fused-ring (bicyclic) bond motifs is 1. The molecule has 1 unspecified atom stereocenters. The SMILES string of the molecule is OC1CCCc2sc(Cc3cccc(Cl)c3F)nc21. The zero-order valence-corrected chi connectivity index (χ0v) is 11.8. The molecule has 2 aromatic rings. The van der Waals surface area contributed by atoms with E-state index in [1.165, 1.54) is 6.07 Å². The Bertz CT molecular complexity index is 613. The number of aryl methyl sites for hydroxylation is 1. The second kappa shape index (κ2) is 5.19. The van der Waals surface area contributed by atoms with Crippen molar-refractivity contribution in [1.29, 1.82) is 0 Å². The number of rotatable bonds is 2. The molecule has 1 aromatic carbocycles. The van der Waals surface area contributed by atoms with Crippen LogP contribution in [0.5, 0.6) is 0 Å². The minimum absolute atomic E-state index is 0.138. The second-order valence-corrected chi connectivity index (χ2v) is 6.29. The van der Waals surface area contributed by atoms with Crippen molar-refractivity contribution in [3.8, 4) is 0 Å². The van der Waals surface area contributed by atoms with Gasteiger partial charge in [-0.15, -0.1) is 11.3 Å². The molecule has 0 fully saturated rings. The van der Waals surface area contributed by atoms with Gasteiger partial charge in [-0.2, -0.15) is 0 Å². The van der Waals surface area contributed by atoms with Crippen LogP contribution < -0.4 is 0 Å². The summed E-state index contributed by atoms with van der Waals surface area (Å²) >= 11 is 7.34. The van der Waals surface area contributed by atoms with Crippen LogP contribution in [0.3, 0.4) is 0 Å². The Morgan fingerprint density at radius 1 is 1.47 bits per heavy atom. The highest BCUT2D eigenvalue weighted by molar-refractivity contribution is 7.11. The first kappa shape index (κ1) is 13.0.